The average Bonchev–Trinajstić information content (AvgIpc) is 2.91. The fraction of sp³-hybridized carbons (Fsp3) is 0.238. The molecule has 0 N–H and O–H groups in total. The van der Waals surface area contributed by atoms with Gasteiger partial charge in [-0.3, -0.25) is 4.68 Å². The predicted octanol–water partition coefficient (Wildman–Crippen LogP) is 0.556. The Labute approximate surface area is 172 Å². The Kier molecular flexibility index (Phi) is 6.97. The predicted molar refractivity (Wildman–Crippen MR) is 100 cm³/mol. The Bertz CT molecular complexity index is 915. The van der Waals surface area contributed by atoms with E-state index in [-0.39, 0.29) is 24.0 Å². The molecule has 0 saturated heterocycles. The SMILES string of the molecule is COc1ccc(/C=C/c2cccc[n+]2C)cc1Cn1nc(C)cc1C.[I-]. The fourth-order valence-corrected chi connectivity index (χ4v) is 2.91. The van der Waals surface area contributed by atoms with Gasteiger partial charge in [-0.15, -0.1) is 0 Å². The van der Waals surface area contributed by atoms with Crippen LogP contribution in [0.2, 0.25) is 0 Å². The van der Waals surface area contributed by atoms with Crippen LogP contribution in [0.4, 0.5) is 0 Å². The van der Waals surface area contributed by atoms with Gasteiger partial charge in [-0.2, -0.15) is 5.10 Å². The number of nitrogens with zero attached hydrogens (tertiary/aromatic N) is 3. The van der Waals surface area contributed by atoms with Gasteiger partial charge in [0, 0.05) is 29.5 Å². The van der Waals surface area contributed by atoms with Gasteiger partial charge in [0.15, 0.2) is 6.20 Å². The third kappa shape index (κ3) is 4.72. The van der Waals surface area contributed by atoms with Crippen molar-refractivity contribution in [3.63, 3.8) is 0 Å². The number of benzene rings is 1. The molecule has 5 heteroatoms. The summed E-state index contributed by atoms with van der Waals surface area (Å²) in [5.74, 6) is 0.884. The summed E-state index contributed by atoms with van der Waals surface area (Å²) in [4.78, 5) is 0. The van der Waals surface area contributed by atoms with E-state index < -0.39 is 0 Å². The summed E-state index contributed by atoms with van der Waals surface area (Å²) >= 11 is 0. The van der Waals surface area contributed by atoms with Crippen molar-refractivity contribution in [2.24, 2.45) is 7.05 Å². The van der Waals surface area contributed by atoms with Crippen LogP contribution >= 0.6 is 0 Å². The van der Waals surface area contributed by atoms with Crippen molar-refractivity contribution in [2.45, 2.75) is 20.4 Å². The highest BCUT2D eigenvalue weighted by molar-refractivity contribution is 5.68. The normalized spacial score (nSPS) is 10.8. The van der Waals surface area contributed by atoms with Crippen LogP contribution in [-0.4, -0.2) is 16.9 Å². The number of hydrogen-bond acceptors (Lipinski definition) is 2. The summed E-state index contributed by atoms with van der Waals surface area (Å²) in [5, 5.41) is 4.56. The monoisotopic (exact) mass is 461 g/mol. The third-order valence-corrected chi connectivity index (χ3v) is 4.27. The molecule has 0 amide bonds. The molecule has 0 atom stereocenters. The van der Waals surface area contributed by atoms with E-state index in [4.69, 9.17) is 4.74 Å². The van der Waals surface area contributed by atoms with Crippen molar-refractivity contribution < 1.29 is 33.3 Å². The fourth-order valence-electron chi connectivity index (χ4n) is 2.91. The summed E-state index contributed by atoms with van der Waals surface area (Å²) in [7, 11) is 3.75. The number of aryl methyl sites for hydroxylation is 3. The van der Waals surface area contributed by atoms with Gasteiger partial charge in [0.05, 0.1) is 19.3 Å². The molecule has 0 radical (unpaired) electrons. The second-order valence-corrected chi connectivity index (χ2v) is 6.23. The van der Waals surface area contributed by atoms with E-state index in [0.29, 0.717) is 6.54 Å². The molecule has 2 heterocycles. The third-order valence-electron chi connectivity index (χ3n) is 4.27. The zero-order valence-corrected chi connectivity index (χ0v) is 17.8. The molecule has 0 unspecified atom stereocenters. The van der Waals surface area contributed by atoms with E-state index in [1.807, 2.05) is 43.0 Å². The summed E-state index contributed by atoms with van der Waals surface area (Å²) in [5.41, 5.74) is 5.59. The first kappa shape index (κ1) is 20.2. The van der Waals surface area contributed by atoms with Gasteiger partial charge in [0.1, 0.15) is 12.8 Å². The highest BCUT2D eigenvalue weighted by Gasteiger charge is 2.08. The number of ether oxygens (including phenoxy) is 1. The quantitative estimate of drug-likeness (QED) is 0.411. The Morgan fingerprint density at radius 2 is 1.92 bits per heavy atom. The number of hydrogen-bond donors (Lipinski definition) is 0. The molecule has 0 spiro atoms. The molecule has 0 aliphatic heterocycles. The lowest BCUT2D eigenvalue weighted by Gasteiger charge is -2.11. The van der Waals surface area contributed by atoms with Crippen LogP contribution in [0.15, 0.2) is 48.7 Å². The van der Waals surface area contributed by atoms with Crippen LogP contribution in [0.25, 0.3) is 12.2 Å². The summed E-state index contributed by atoms with van der Waals surface area (Å²) in [6, 6.07) is 14.5. The van der Waals surface area contributed by atoms with Gasteiger partial charge in [-0.25, -0.2) is 4.57 Å². The molecule has 3 aromatic rings. The first-order valence-electron chi connectivity index (χ1n) is 8.37. The average molecular weight is 461 g/mol. The van der Waals surface area contributed by atoms with Crippen molar-refractivity contribution in [1.82, 2.24) is 9.78 Å². The molecule has 0 aliphatic rings. The van der Waals surface area contributed by atoms with Crippen LogP contribution in [0.5, 0.6) is 5.75 Å². The van der Waals surface area contributed by atoms with E-state index >= 15 is 0 Å². The molecule has 26 heavy (non-hydrogen) atoms. The van der Waals surface area contributed by atoms with Crippen LogP contribution in [-0.2, 0) is 13.6 Å². The Morgan fingerprint density at radius 1 is 1.12 bits per heavy atom. The summed E-state index contributed by atoms with van der Waals surface area (Å²) in [6.07, 6.45) is 6.29. The van der Waals surface area contributed by atoms with Crippen molar-refractivity contribution >= 4 is 12.2 Å². The number of halogens is 1. The van der Waals surface area contributed by atoms with Crippen LogP contribution in [0.1, 0.15) is 28.2 Å². The molecule has 1 aromatic carbocycles. The topological polar surface area (TPSA) is 30.9 Å². The van der Waals surface area contributed by atoms with Crippen LogP contribution < -0.4 is 33.3 Å². The smallest absolute Gasteiger partial charge is 0.204 e. The van der Waals surface area contributed by atoms with E-state index in [9.17, 15) is 0 Å². The van der Waals surface area contributed by atoms with E-state index in [2.05, 4.69) is 53.0 Å². The largest absolute Gasteiger partial charge is 1.00 e. The second-order valence-electron chi connectivity index (χ2n) is 6.23. The lowest BCUT2D eigenvalue weighted by molar-refractivity contribution is -0.673. The van der Waals surface area contributed by atoms with Gasteiger partial charge in [0.25, 0.3) is 0 Å². The molecule has 0 aliphatic carbocycles. The number of pyridine rings is 1. The minimum absolute atomic E-state index is 0. The zero-order valence-electron chi connectivity index (χ0n) is 15.6. The minimum atomic E-state index is 0. The van der Waals surface area contributed by atoms with Gasteiger partial charge in [0.2, 0.25) is 5.69 Å². The highest BCUT2D eigenvalue weighted by Crippen LogP contribution is 2.22. The van der Waals surface area contributed by atoms with Crippen molar-refractivity contribution in [2.75, 3.05) is 7.11 Å². The lowest BCUT2D eigenvalue weighted by atomic mass is 10.1. The van der Waals surface area contributed by atoms with Gasteiger partial charge in [-0.1, -0.05) is 6.07 Å². The highest BCUT2D eigenvalue weighted by atomic mass is 127. The van der Waals surface area contributed by atoms with Crippen LogP contribution in [0.3, 0.4) is 0 Å². The molecule has 0 bridgehead atoms. The molecule has 0 saturated carbocycles. The molecular formula is C21H24IN3O. The summed E-state index contributed by atoms with van der Waals surface area (Å²) in [6.45, 7) is 4.79. The molecule has 2 aromatic heterocycles. The first-order chi connectivity index (χ1) is 12.1. The number of methoxy groups -OCH3 is 1. The molecule has 0 fully saturated rings. The molecular weight excluding hydrogens is 437 g/mol. The standard InChI is InChI=1S/C21H24N3O.HI/c1-16-13-17(2)24(22-16)15-19-14-18(9-11-21(19)25-4)8-10-20-7-5-6-12-23(20)3;/h5-14H,15H2,1-4H3;1H/q+1;/p-1/b10-8+;. The zero-order chi connectivity index (χ0) is 17.8. The van der Waals surface area contributed by atoms with E-state index in [1.54, 1.807) is 7.11 Å². The van der Waals surface area contributed by atoms with Gasteiger partial charge >= 0.3 is 0 Å². The van der Waals surface area contributed by atoms with E-state index in [1.165, 1.54) is 0 Å². The summed E-state index contributed by atoms with van der Waals surface area (Å²) < 4.78 is 9.64. The maximum absolute atomic E-state index is 5.53. The van der Waals surface area contributed by atoms with Crippen molar-refractivity contribution in [3.05, 3.63) is 76.9 Å². The molecule has 4 nitrogen and oxygen atoms in total. The Morgan fingerprint density at radius 3 is 2.58 bits per heavy atom. The number of rotatable bonds is 5. The van der Waals surface area contributed by atoms with Crippen molar-refractivity contribution in [3.8, 4) is 5.75 Å². The van der Waals surface area contributed by atoms with Gasteiger partial charge in [-0.05, 0) is 49.8 Å². The first-order valence-corrected chi connectivity index (χ1v) is 8.37. The Balaban J connectivity index is 0.00000243. The molecule has 3 rings (SSSR count). The number of aromatic nitrogens is 3. The maximum atomic E-state index is 5.53. The second kappa shape index (κ2) is 8.98. The van der Waals surface area contributed by atoms with Crippen LogP contribution in [0, 0.1) is 13.8 Å². The molecule has 136 valence electrons. The Hall–Kier alpha value is -2.15. The van der Waals surface area contributed by atoms with Gasteiger partial charge < -0.3 is 28.7 Å². The lowest BCUT2D eigenvalue weighted by Crippen LogP contribution is -3.00. The van der Waals surface area contributed by atoms with E-state index in [0.717, 1.165) is 34.0 Å². The van der Waals surface area contributed by atoms with Crippen molar-refractivity contribution in [1.29, 1.82) is 0 Å². The maximum Gasteiger partial charge on any atom is 0.204 e. The minimum Gasteiger partial charge on any atom is -1.00 e.